The van der Waals surface area contributed by atoms with Gasteiger partial charge in [0.1, 0.15) is 4.90 Å². The quantitative estimate of drug-likeness (QED) is 0.847. The molecule has 1 aliphatic carbocycles. The summed E-state index contributed by atoms with van der Waals surface area (Å²) in [6.07, 6.45) is 4.90. The predicted octanol–water partition coefficient (Wildman–Crippen LogP) is 0.586. The van der Waals surface area contributed by atoms with E-state index in [9.17, 15) is 13.2 Å². The molecule has 1 fully saturated rings. The van der Waals surface area contributed by atoms with Gasteiger partial charge in [0, 0.05) is 18.7 Å². The van der Waals surface area contributed by atoms with E-state index in [2.05, 4.69) is 10.4 Å². The summed E-state index contributed by atoms with van der Waals surface area (Å²) in [5.41, 5.74) is -0.451. The molecule has 3 N–H and O–H groups in total. The molecule has 0 radical (unpaired) electrons. The zero-order valence-electron chi connectivity index (χ0n) is 11.0. The van der Waals surface area contributed by atoms with Gasteiger partial charge in [0.2, 0.25) is 15.9 Å². The maximum Gasteiger partial charge on any atom is 0.243 e. The van der Waals surface area contributed by atoms with Crippen LogP contribution in [-0.2, 0) is 21.9 Å². The highest BCUT2D eigenvalue weighted by Crippen LogP contribution is 2.38. The van der Waals surface area contributed by atoms with E-state index in [1.807, 2.05) is 6.92 Å². The van der Waals surface area contributed by atoms with E-state index in [4.69, 9.17) is 5.14 Å². The summed E-state index contributed by atoms with van der Waals surface area (Å²) in [5.74, 6) is -0.197. The Balaban J connectivity index is 2.27. The van der Waals surface area contributed by atoms with Gasteiger partial charge in [0.15, 0.2) is 5.82 Å². The number of nitrogens with two attached hydrogens (primary N) is 1. The van der Waals surface area contributed by atoms with Crippen molar-refractivity contribution in [1.82, 2.24) is 9.78 Å². The molecule has 0 aromatic carbocycles. The molecule has 0 bridgehead atoms. The van der Waals surface area contributed by atoms with Crippen LogP contribution in [0.3, 0.4) is 0 Å². The molecule has 19 heavy (non-hydrogen) atoms. The summed E-state index contributed by atoms with van der Waals surface area (Å²) in [6.45, 7) is 1.88. The normalized spacial score (nSPS) is 18.5. The molecule has 0 aliphatic heterocycles. The maximum absolute atomic E-state index is 12.2. The van der Waals surface area contributed by atoms with Crippen LogP contribution in [0.15, 0.2) is 11.1 Å². The van der Waals surface area contributed by atoms with Gasteiger partial charge in [0.05, 0.1) is 0 Å². The van der Waals surface area contributed by atoms with Crippen LogP contribution in [0.4, 0.5) is 5.82 Å². The number of carbonyl (C=O) groups is 1. The van der Waals surface area contributed by atoms with Crippen molar-refractivity contribution in [2.75, 3.05) is 5.32 Å². The lowest BCUT2D eigenvalue weighted by atomic mass is 9.88. The van der Waals surface area contributed by atoms with Gasteiger partial charge >= 0.3 is 0 Å². The van der Waals surface area contributed by atoms with E-state index in [0.717, 1.165) is 25.7 Å². The van der Waals surface area contributed by atoms with Gasteiger partial charge in [0.25, 0.3) is 0 Å². The minimum atomic E-state index is -3.90. The molecule has 0 saturated heterocycles. The van der Waals surface area contributed by atoms with Crippen LogP contribution < -0.4 is 10.5 Å². The van der Waals surface area contributed by atoms with Crippen molar-refractivity contribution in [2.45, 2.75) is 37.5 Å². The van der Waals surface area contributed by atoms with Gasteiger partial charge in [-0.3, -0.25) is 9.48 Å². The zero-order chi connectivity index (χ0) is 14.3. The third-order valence-electron chi connectivity index (χ3n) is 3.59. The van der Waals surface area contributed by atoms with Crippen LogP contribution in [-0.4, -0.2) is 24.1 Å². The molecule has 1 aromatic rings. The highest BCUT2D eigenvalue weighted by atomic mass is 32.2. The van der Waals surface area contributed by atoms with Gasteiger partial charge in [-0.15, -0.1) is 0 Å². The van der Waals surface area contributed by atoms with Crippen LogP contribution in [0, 0.1) is 5.41 Å². The number of anilines is 1. The van der Waals surface area contributed by atoms with Crippen LogP contribution >= 0.6 is 0 Å². The lowest BCUT2D eigenvalue weighted by Gasteiger charge is -2.21. The first kappa shape index (κ1) is 14.0. The Morgan fingerprint density at radius 1 is 1.47 bits per heavy atom. The molecular weight excluding hydrogens is 268 g/mol. The number of aromatic nitrogens is 2. The number of hydrogen-bond donors (Lipinski definition) is 2. The second kappa shape index (κ2) is 4.61. The summed E-state index contributed by atoms with van der Waals surface area (Å²) < 4.78 is 24.2. The SMILES string of the molecule is Cn1cc(S(N)(=O)=O)c(NC(=O)C2(C)CCCC2)n1. The predicted molar refractivity (Wildman–Crippen MR) is 69.8 cm³/mol. The number of nitrogens with one attached hydrogen (secondary N) is 1. The summed E-state index contributed by atoms with van der Waals surface area (Å²) in [6, 6.07) is 0. The first-order valence-corrected chi connectivity index (χ1v) is 7.65. The maximum atomic E-state index is 12.2. The number of primary sulfonamides is 1. The summed E-state index contributed by atoms with van der Waals surface area (Å²) in [7, 11) is -2.33. The van der Waals surface area contributed by atoms with Gasteiger partial charge in [-0.25, -0.2) is 13.6 Å². The standard InChI is InChI=1S/C11H18N4O3S/c1-11(5-3-4-6-11)10(16)13-9-8(19(12,17)18)7-15(2)14-9/h7H,3-6H2,1-2H3,(H2,12,17,18)(H,13,14,16). The summed E-state index contributed by atoms with van der Waals surface area (Å²) >= 11 is 0. The van der Waals surface area contributed by atoms with Crippen molar-refractivity contribution in [3.05, 3.63) is 6.20 Å². The lowest BCUT2D eigenvalue weighted by molar-refractivity contribution is -0.124. The number of amides is 1. The molecule has 0 spiro atoms. The molecule has 0 atom stereocenters. The first-order valence-electron chi connectivity index (χ1n) is 6.10. The molecule has 1 aromatic heterocycles. The highest BCUT2D eigenvalue weighted by Gasteiger charge is 2.37. The third-order valence-corrected chi connectivity index (χ3v) is 4.50. The molecule has 0 unspecified atom stereocenters. The minimum absolute atomic E-state index is 0.00289. The van der Waals surface area contributed by atoms with E-state index >= 15 is 0 Å². The van der Waals surface area contributed by atoms with Crippen molar-refractivity contribution >= 4 is 21.7 Å². The minimum Gasteiger partial charge on any atom is -0.308 e. The zero-order valence-corrected chi connectivity index (χ0v) is 11.8. The van der Waals surface area contributed by atoms with E-state index < -0.39 is 15.4 Å². The number of aryl methyl sites for hydroxylation is 1. The largest absolute Gasteiger partial charge is 0.308 e. The molecule has 7 nitrogen and oxygen atoms in total. The van der Waals surface area contributed by atoms with E-state index in [1.165, 1.54) is 10.9 Å². The summed E-state index contributed by atoms with van der Waals surface area (Å²) in [4.78, 5) is 12.1. The van der Waals surface area contributed by atoms with Crippen molar-refractivity contribution in [2.24, 2.45) is 17.6 Å². The van der Waals surface area contributed by atoms with E-state index in [1.54, 1.807) is 7.05 Å². The molecular formula is C11H18N4O3S. The number of rotatable bonds is 3. The fraction of sp³-hybridized carbons (Fsp3) is 0.636. The van der Waals surface area contributed by atoms with Crippen molar-refractivity contribution in [3.8, 4) is 0 Å². The Bertz CT molecular complexity index is 599. The monoisotopic (exact) mass is 286 g/mol. The van der Waals surface area contributed by atoms with Crippen molar-refractivity contribution in [3.63, 3.8) is 0 Å². The first-order chi connectivity index (χ1) is 8.72. The van der Waals surface area contributed by atoms with Crippen LogP contribution in [0.1, 0.15) is 32.6 Å². The van der Waals surface area contributed by atoms with E-state index in [0.29, 0.717) is 0 Å². The molecule has 1 amide bonds. The fourth-order valence-corrected chi connectivity index (χ4v) is 3.06. The smallest absolute Gasteiger partial charge is 0.243 e. The van der Waals surface area contributed by atoms with Crippen LogP contribution in [0.25, 0.3) is 0 Å². The number of nitrogens with zero attached hydrogens (tertiary/aromatic N) is 2. The Kier molecular flexibility index (Phi) is 3.40. The molecule has 1 saturated carbocycles. The molecule has 1 heterocycles. The Morgan fingerprint density at radius 2 is 2.05 bits per heavy atom. The van der Waals surface area contributed by atoms with Crippen LogP contribution in [0.5, 0.6) is 0 Å². The Labute approximate surface area is 112 Å². The average molecular weight is 286 g/mol. The highest BCUT2D eigenvalue weighted by molar-refractivity contribution is 7.89. The van der Waals surface area contributed by atoms with Gasteiger partial charge in [-0.1, -0.05) is 19.8 Å². The summed E-state index contributed by atoms with van der Waals surface area (Å²) in [5, 5.41) is 11.6. The fourth-order valence-electron chi connectivity index (χ4n) is 2.40. The Hall–Kier alpha value is -1.41. The molecule has 106 valence electrons. The third kappa shape index (κ3) is 2.79. The van der Waals surface area contributed by atoms with Gasteiger partial charge in [-0.05, 0) is 12.8 Å². The topological polar surface area (TPSA) is 107 Å². The van der Waals surface area contributed by atoms with Crippen molar-refractivity contribution in [1.29, 1.82) is 0 Å². The number of carbonyl (C=O) groups excluding carboxylic acids is 1. The number of hydrogen-bond acceptors (Lipinski definition) is 4. The van der Waals surface area contributed by atoms with Crippen molar-refractivity contribution < 1.29 is 13.2 Å². The molecule has 8 heteroatoms. The van der Waals surface area contributed by atoms with Gasteiger partial charge in [-0.2, -0.15) is 5.10 Å². The van der Waals surface area contributed by atoms with E-state index in [-0.39, 0.29) is 16.6 Å². The average Bonchev–Trinajstić information content (AvgIpc) is 2.85. The van der Waals surface area contributed by atoms with Gasteiger partial charge < -0.3 is 5.32 Å². The lowest BCUT2D eigenvalue weighted by Crippen LogP contribution is -2.31. The molecule has 2 rings (SSSR count). The Morgan fingerprint density at radius 3 is 2.58 bits per heavy atom. The molecule has 1 aliphatic rings. The van der Waals surface area contributed by atoms with Crippen LogP contribution in [0.2, 0.25) is 0 Å². The second-order valence-electron chi connectivity index (χ2n) is 5.28. The number of sulfonamides is 1. The second-order valence-corrected chi connectivity index (χ2v) is 6.81.